The van der Waals surface area contributed by atoms with Gasteiger partial charge in [0.1, 0.15) is 0 Å². The maximum atomic E-state index is 4.94. The van der Waals surface area contributed by atoms with Crippen LogP contribution in [0.5, 0.6) is 0 Å². The molecule has 0 atom stereocenters. The fraction of sp³-hybridized carbons (Fsp3) is 0.800. The molecule has 0 radical (unpaired) electrons. The first kappa shape index (κ1) is 15.9. The molecule has 0 aromatic carbocycles. The maximum absolute atomic E-state index is 4.94. The Bertz CT molecular complexity index is 24.0. The van der Waals surface area contributed by atoms with Crippen molar-refractivity contribution in [1.82, 2.24) is 0 Å². The van der Waals surface area contributed by atoms with E-state index in [1.165, 1.54) is 12.8 Å². The van der Waals surface area contributed by atoms with Crippen LogP contribution in [0.3, 0.4) is 0 Å². The van der Waals surface area contributed by atoms with Gasteiger partial charge in [0.15, 0.2) is 0 Å². The molecule has 1 nitrogen and oxygen atoms in total. The molecule has 0 saturated carbocycles. The van der Waals surface area contributed by atoms with Gasteiger partial charge in [0, 0.05) is 13.2 Å². The van der Waals surface area contributed by atoms with Gasteiger partial charge in [-0.1, -0.05) is 0 Å². The van der Waals surface area contributed by atoms with Crippen molar-refractivity contribution in [1.29, 1.82) is 0 Å². The van der Waals surface area contributed by atoms with Crippen molar-refractivity contribution in [2.75, 3.05) is 13.2 Å². The van der Waals surface area contributed by atoms with Gasteiger partial charge in [0.05, 0.1) is 0 Å². The molecule has 0 aromatic rings. The van der Waals surface area contributed by atoms with Crippen LogP contribution in [-0.2, 0) is 24.2 Å². The molecule has 1 saturated heterocycles. The molecular formula is C5H11ClOZn. The molecule has 1 aliphatic rings. The fourth-order valence-electron chi connectivity index (χ4n) is 0.510. The van der Waals surface area contributed by atoms with E-state index < -0.39 is 0 Å². The Balaban J connectivity index is -0.0000000833. The Morgan fingerprint density at radius 1 is 1.00 bits per heavy atom. The molecule has 1 heterocycles. The van der Waals surface area contributed by atoms with Crippen LogP contribution in [0.4, 0.5) is 0 Å². The smallest absolute Gasteiger partial charge is 1.00 e. The van der Waals surface area contributed by atoms with Crippen LogP contribution in [0.15, 0.2) is 0 Å². The Morgan fingerprint density at radius 3 is 1.50 bits per heavy atom. The van der Waals surface area contributed by atoms with E-state index >= 15 is 0 Å². The molecule has 0 aliphatic carbocycles. The van der Waals surface area contributed by atoms with Gasteiger partial charge in [-0.05, 0) is 12.8 Å². The molecule has 1 fully saturated rings. The van der Waals surface area contributed by atoms with E-state index in [4.69, 9.17) is 4.74 Å². The van der Waals surface area contributed by atoms with Crippen molar-refractivity contribution in [3.63, 3.8) is 0 Å². The van der Waals surface area contributed by atoms with E-state index in [2.05, 4.69) is 0 Å². The van der Waals surface area contributed by atoms with Gasteiger partial charge in [0.25, 0.3) is 0 Å². The first-order valence-corrected chi connectivity index (χ1v) is 2.08. The summed E-state index contributed by atoms with van der Waals surface area (Å²) in [5.74, 6) is 0. The Kier molecular flexibility index (Phi) is 21.5. The van der Waals surface area contributed by atoms with Crippen LogP contribution in [-0.4, -0.2) is 13.2 Å². The van der Waals surface area contributed by atoms with E-state index in [9.17, 15) is 0 Å². The van der Waals surface area contributed by atoms with Gasteiger partial charge >= 0.3 is 19.5 Å². The summed E-state index contributed by atoms with van der Waals surface area (Å²) < 4.78 is 4.94. The molecule has 0 bridgehead atoms. The predicted molar refractivity (Wildman–Crippen MR) is 26.5 cm³/mol. The van der Waals surface area contributed by atoms with Crippen molar-refractivity contribution in [2.24, 2.45) is 0 Å². The average Bonchev–Trinajstić information content (AvgIpc) is 1.76. The second kappa shape index (κ2) is 10.8. The summed E-state index contributed by atoms with van der Waals surface area (Å²) in [7, 11) is 0. The van der Waals surface area contributed by atoms with Crippen LogP contribution in [0.2, 0.25) is 0 Å². The summed E-state index contributed by atoms with van der Waals surface area (Å²) in [4.78, 5) is 0. The number of hydrogen-bond acceptors (Lipinski definition) is 1. The molecular weight excluding hydrogens is 177 g/mol. The van der Waals surface area contributed by atoms with Gasteiger partial charge in [0.2, 0.25) is 0 Å². The molecule has 1 aliphatic heterocycles. The van der Waals surface area contributed by atoms with Crippen molar-refractivity contribution >= 4 is 0 Å². The molecule has 0 N–H and O–H groups in total. The molecule has 0 amide bonds. The Hall–Kier alpha value is 0.873. The molecule has 0 unspecified atom stereocenters. The topological polar surface area (TPSA) is 9.23 Å². The summed E-state index contributed by atoms with van der Waals surface area (Å²) in [5.41, 5.74) is 0. The summed E-state index contributed by atoms with van der Waals surface area (Å²) in [6.07, 6.45) is 2.56. The number of rotatable bonds is 0. The minimum absolute atomic E-state index is 0. The fourth-order valence-corrected chi connectivity index (χ4v) is 0.510. The molecule has 46 valence electrons. The minimum atomic E-state index is 0. The number of halogens is 1. The first-order chi connectivity index (χ1) is 2.50. The van der Waals surface area contributed by atoms with Gasteiger partial charge in [-0.15, -0.1) is 0 Å². The average molecular weight is 188 g/mol. The number of ether oxygens (including phenoxy) is 1. The van der Waals surface area contributed by atoms with Crippen LogP contribution >= 0.6 is 0 Å². The van der Waals surface area contributed by atoms with Crippen LogP contribution < -0.4 is 12.4 Å². The van der Waals surface area contributed by atoms with Crippen LogP contribution in [0.1, 0.15) is 12.8 Å². The SMILES string of the molecule is C1CCOC1.[CH3-].[Cl-].[Zn+2]. The van der Waals surface area contributed by atoms with Gasteiger partial charge in [-0.3, -0.25) is 0 Å². The maximum Gasteiger partial charge on any atom is 2.00 e. The second-order valence-corrected chi connectivity index (χ2v) is 1.32. The van der Waals surface area contributed by atoms with E-state index in [0.29, 0.717) is 0 Å². The molecule has 3 heteroatoms. The molecule has 1 rings (SSSR count). The zero-order chi connectivity index (χ0) is 3.54. The third kappa shape index (κ3) is 6.87. The normalized spacial score (nSPS) is 15.0. The van der Waals surface area contributed by atoms with Gasteiger partial charge in [-0.2, -0.15) is 0 Å². The van der Waals surface area contributed by atoms with Crippen molar-refractivity contribution in [2.45, 2.75) is 12.8 Å². The summed E-state index contributed by atoms with van der Waals surface area (Å²) >= 11 is 0. The van der Waals surface area contributed by atoms with Crippen molar-refractivity contribution in [3.8, 4) is 0 Å². The van der Waals surface area contributed by atoms with Crippen LogP contribution in [0, 0.1) is 7.43 Å². The molecule has 0 spiro atoms. The Morgan fingerprint density at radius 2 is 1.38 bits per heavy atom. The van der Waals surface area contributed by atoms with Gasteiger partial charge < -0.3 is 24.6 Å². The third-order valence-corrected chi connectivity index (χ3v) is 0.827. The standard InChI is InChI=1S/C4H8O.CH3.ClH.Zn/c1-2-4-5-3-1;;;/h1-4H2;1H3;1H;/q;-1;;+2/p-1. The summed E-state index contributed by atoms with van der Waals surface area (Å²) in [6, 6.07) is 0. The van der Waals surface area contributed by atoms with E-state index in [1.54, 1.807) is 0 Å². The first-order valence-electron chi connectivity index (χ1n) is 2.08. The zero-order valence-electron chi connectivity index (χ0n) is 5.32. The van der Waals surface area contributed by atoms with E-state index in [-0.39, 0.29) is 39.3 Å². The minimum Gasteiger partial charge on any atom is -1.00 e. The zero-order valence-corrected chi connectivity index (χ0v) is 9.04. The second-order valence-electron chi connectivity index (χ2n) is 1.32. The monoisotopic (exact) mass is 186 g/mol. The summed E-state index contributed by atoms with van der Waals surface area (Å²) in [5, 5.41) is 0. The molecule has 8 heavy (non-hydrogen) atoms. The quantitative estimate of drug-likeness (QED) is 0.323. The number of hydrogen-bond donors (Lipinski definition) is 0. The van der Waals surface area contributed by atoms with Gasteiger partial charge in [-0.25, -0.2) is 0 Å². The van der Waals surface area contributed by atoms with E-state index in [1.807, 2.05) is 0 Å². The van der Waals surface area contributed by atoms with Crippen molar-refractivity contribution < 1.29 is 36.6 Å². The van der Waals surface area contributed by atoms with E-state index in [0.717, 1.165) is 13.2 Å². The Labute approximate surface area is 70.3 Å². The third-order valence-electron chi connectivity index (χ3n) is 0.827. The molecule has 0 aromatic heterocycles. The van der Waals surface area contributed by atoms with Crippen molar-refractivity contribution in [3.05, 3.63) is 7.43 Å². The summed E-state index contributed by atoms with van der Waals surface area (Å²) in [6.45, 7) is 2.00. The largest absolute Gasteiger partial charge is 2.00 e. The van der Waals surface area contributed by atoms with Crippen LogP contribution in [0.25, 0.3) is 0 Å². The predicted octanol–water partition coefficient (Wildman–Crippen LogP) is -1.75.